The van der Waals surface area contributed by atoms with Crippen LogP contribution in [-0.4, -0.2) is 55.6 Å². The zero-order valence-corrected chi connectivity index (χ0v) is 14.8. The average Bonchev–Trinajstić information content (AvgIpc) is 2.93. The maximum absolute atomic E-state index is 12.1. The molecule has 2 atom stereocenters. The third-order valence-electron chi connectivity index (χ3n) is 2.89. The van der Waals surface area contributed by atoms with Crippen molar-refractivity contribution < 1.29 is 23.6 Å². The lowest BCUT2D eigenvalue weighted by Gasteiger charge is -2.24. The van der Waals surface area contributed by atoms with Gasteiger partial charge in [0.2, 0.25) is 11.9 Å². The Labute approximate surface area is 143 Å². The molecule has 0 bridgehead atoms. The summed E-state index contributed by atoms with van der Waals surface area (Å²) in [6, 6.07) is 0. The minimum absolute atomic E-state index is 0.191. The van der Waals surface area contributed by atoms with Gasteiger partial charge in [0.1, 0.15) is 14.6 Å². The molecule has 0 saturated carbocycles. The first-order valence-electron chi connectivity index (χ1n) is 7.18. The summed E-state index contributed by atoms with van der Waals surface area (Å²) >= 11 is 0. The third-order valence-corrected chi connectivity index (χ3v) is 3.29. The van der Waals surface area contributed by atoms with Gasteiger partial charge in [-0.15, -0.1) is 0 Å². The van der Waals surface area contributed by atoms with Gasteiger partial charge in [-0.2, -0.15) is 0 Å². The summed E-state index contributed by atoms with van der Waals surface area (Å²) in [4.78, 5) is 38.8. The van der Waals surface area contributed by atoms with Crippen molar-refractivity contribution in [3.63, 3.8) is 0 Å². The summed E-state index contributed by atoms with van der Waals surface area (Å²) in [5, 5.41) is 11.8. The van der Waals surface area contributed by atoms with Gasteiger partial charge in [-0.1, -0.05) is 0 Å². The Hall–Kier alpha value is -1.87. The molecule has 0 aromatic carbocycles. The van der Waals surface area contributed by atoms with E-state index in [-0.39, 0.29) is 6.54 Å². The molecule has 2 radical (unpaired) electrons. The number of guanidine groups is 1. The maximum Gasteiger partial charge on any atom is 0.417 e. The monoisotopic (exact) mass is 357 g/mol. The second kappa shape index (κ2) is 8.84. The molecule has 0 spiro atoms. The predicted octanol–water partition coefficient (Wildman–Crippen LogP) is 0.202. The van der Waals surface area contributed by atoms with E-state index in [1.54, 1.807) is 20.8 Å². The van der Waals surface area contributed by atoms with Gasteiger partial charge in [0, 0.05) is 13.1 Å². The average molecular weight is 357 g/mol. The highest BCUT2D eigenvalue weighted by Crippen LogP contribution is 2.19. The van der Waals surface area contributed by atoms with E-state index in [1.165, 1.54) is 4.90 Å². The molecular formula is C12H21BN5O5P. The smallest absolute Gasteiger partial charge is 0.417 e. The Morgan fingerprint density at radius 2 is 1.96 bits per heavy atom. The molecule has 24 heavy (non-hydrogen) atoms. The normalized spacial score (nSPS) is 17.6. The lowest BCUT2D eigenvalue weighted by atomic mass is 10.1. The van der Waals surface area contributed by atoms with E-state index in [0.717, 1.165) is 0 Å². The number of hydrogen-bond donors (Lipinski definition) is 4. The highest BCUT2D eigenvalue weighted by Gasteiger charge is 2.33. The fourth-order valence-electron chi connectivity index (χ4n) is 1.93. The molecule has 1 aliphatic heterocycles. The first-order chi connectivity index (χ1) is 11.1. The van der Waals surface area contributed by atoms with Gasteiger partial charge in [-0.05, 0) is 27.2 Å². The van der Waals surface area contributed by atoms with Crippen LogP contribution in [0.25, 0.3) is 0 Å². The van der Waals surface area contributed by atoms with E-state index in [4.69, 9.17) is 18.1 Å². The second-order valence-corrected chi connectivity index (χ2v) is 6.73. The Bertz CT molecular complexity index is 513. The zero-order chi connectivity index (χ0) is 18.3. The number of likely N-dealkylation sites (tertiary alicyclic amines) is 1. The fourth-order valence-corrected chi connectivity index (χ4v) is 2.13. The number of nitrogens with zero attached hydrogens (tertiary/aromatic N) is 1. The van der Waals surface area contributed by atoms with Crippen molar-refractivity contribution in [3.05, 3.63) is 0 Å². The molecular weight excluding hydrogens is 336 g/mol. The molecule has 0 aliphatic carbocycles. The van der Waals surface area contributed by atoms with Crippen LogP contribution in [0.15, 0.2) is 0 Å². The summed E-state index contributed by atoms with van der Waals surface area (Å²) in [5.74, 6) is -1.46. The van der Waals surface area contributed by atoms with Crippen LogP contribution in [0, 0.1) is 11.3 Å². The summed E-state index contributed by atoms with van der Waals surface area (Å²) in [5.41, 5.74) is -0.608. The molecule has 12 heteroatoms. The van der Waals surface area contributed by atoms with E-state index in [1.807, 2.05) is 5.32 Å². The van der Waals surface area contributed by atoms with Crippen LogP contribution in [-0.2, 0) is 14.1 Å². The Morgan fingerprint density at radius 1 is 1.29 bits per heavy atom. The summed E-state index contributed by atoms with van der Waals surface area (Å²) in [6.45, 7) is 5.87. The topological polar surface area (TPSA) is 133 Å². The molecule has 1 heterocycles. The molecule has 1 rings (SSSR count). The number of carbonyl (C=O) groups is 3. The van der Waals surface area contributed by atoms with Crippen LogP contribution in [0.4, 0.5) is 9.59 Å². The Morgan fingerprint density at radius 3 is 2.54 bits per heavy atom. The summed E-state index contributed by atoms with van der Waals surface area (Å²) in [6.07, 6.45) is -0.954. The number of nitrogens with one attached hydrogen (secondary N) is 4. The minimum atomic E-state index is -0.918. The first kappa shape index (κ1) is 20.2. The molecule has 3 amide bonds. The number of carbonyl (C=O) groups excluding carboxylic acids is 3. The highest BCUT2D eigenvalue weighted by molar-refractivity contribution is 7.32. The van der Waals surface area contributed by atoms with Crippen LogP contribution < -0.4 is 15.6 Å². The van der Waals surface area contributed by atoms with Crippen molar-refractivity contribution in [2.75, 3.05) is 13.1 Å². The van der Waals surface area contributed by atoms with Crippen LogP contribution in [0.1, 0.15) is 27.2 Å². The maximum atomic E-state index is 12.1. The molecule has 1 saturated heterocycles. The zero-order valence-electron chi connectivity index (χ0n) is 13.8. The first-order valence-corrected chi connectivity index (χ1v) is 8.09. The number of hydrogen-bond acceptors (Lipinski definition) is 7. The van der Waals surface area contributed by atoms with E-state index >= 15 is 0 Å². The Balaban J connectivity index is 2.40. The summed E-state index contributed by atoms with van der Waals surface area (Å²) in [7, 11) is 4.47. The standard InChI is InChI=1S/C12H21BN5O5P/c1-12(2,3)22-11(21)18-5-4-7(6-18)8(19)15-9(14)16-10(20)23-24-17-13/h7,17,24H,4-6H2,1-3H3,(H3,14,15,16,19,20)/t7-/m0/s1. The van der Waals surface area contributed by atoms with Gasteiger partial charge in [-0.3, -0.25) is 20.8 Å². The van der Waals surface area contributed by atoms with E-state index < -0.39 is 44.5 Å². The van der Waals surface area contributed by atoms with Crippen LogP contribution >= 0.6 is 8.96 Å². The third kappa shape index (κ3) is 7.14. The lowest BCUT2D eigenvalue weighted by Crippen LogP contribution is -2.45. The largest absolute Gasteiger partial charge is 0.444 e. The van der Waals surface area contributed by atoms with Gasteiger partial charge >= 0.3 is 12.2 Å². The van der Waals surface area contributed by atoms with Crippen molar-refractivity contribution in [2.24, 2.45) is 5.92 Å². The predicted molar refractivity (Wildman–Crippen MR) is 88.6 cm³/mol. The van der Waals surface area contributed by atoms with Gasteiger partial charge in [0.05, 0.1) is 5.92 Å². The molecule has 1 unspecified atom stereocenters. The van der Waals surface area contributed by atoms with Crippen LogP contribution in [0.3, 0.4) is 0 Å². The van der Waals surface area contributed by atoms with Gasteiger partial charge in [0.15, 0.2) is 7.98 Å². The van der Waals surface area contributed by atoms with Crippen molar-refractivity contribution in [3.8, 4) is 0 Å². The van der Waals surface area contributed by atoms with Crippen molar-refractivity contribution in [2.45, 2.75) is 32.8 Å². The van der Waals surface area contributed by atoms with E-state index in [9.17, 15) is 14.4 Å². The van der Waals surface area contributed by atoms with Gasteiger partial charge in [0.25, 0.3) is 0 Å². The molecule has 4 N–H and O–H groups in total. The van der Waals surface area contributed by atoms with Gasteiger partial charge < -0.3 is 19.2 Å². The van der Waals surface area contributed by atoms with Crippen LogP contribution in [0.2, 0.25) is 0 Å². The van der Waals surface area contributed by atoms with Crippen LogP contribution in [0.5, 0.6) is 0 Å². The molecule has 1 fully saturated rings. The molecule has 132 valence electrons. The number of ether oxygens (including phenoxy) is 1. The van der Waals surface area contributed by atoms with Crippen molar-refractivity contribution in [1.82, 2.24) is 20.5 Å². The van der Waals surface area contributed by atoms with Crippen molar-refractivity contribution >= 4 is 41.0 Å². The minimum Gasteiger partial charge on any atom is -0.444 e. The van der Waals surface area contributed by atoms with Crippen molar-refractivity contribution in [1.29, 1.82) is 5.41 Å². The number of amides is 3. The molecule has 1 aliphatic rings. The fraction of sp³-hybridized carbons (Fsp3) is 0.667. The Kier molecular flexibility index (Phi) is 7.43. The van der Waals surface area contributed by atoms with Gasteiger partial charge in [-0.25, -0.2) is 9.59 Å². The molecule has 0 aromatic rings. The quantitative estimate of drug-likeness (QED) is 0.247. The molecule has 0 aromatic heterocycles. The SMILES string of the molecule is [B]NPOC(=O)NC(=N)NC(=O)[C@H]1CCN(C(=O)OC(C)(C)C)C1. The molecule has 10 nitrogen and oxygen atoms in total. The lowest BCUT2D eigenvalue weighted by molar-refractivity contribution is -0.123. The number of rotatable bonds is 3. The van der Waals surface area contributed by atoms with E-state index in [0.29, 0.717) is 13.0 Å². The van der Waals surface area contributed by atoms with E-state index in [2.05, 4.69) is 14.8 Å². The highest BCUT2D eigenvalue weighted by atomic mass is 31.1. The second-order valence-electron chi connectivity index (χ2n) is 6.04. The summed E-state index contributed by atoms with van der Waals surface area (Å²) < 4.78 is 9.79.